The van der Waals surface area contributed by atoms with Crippen LogP contribution in [0.25, 0.3) is 0 Å². The van der Waals surface area contributed by atoms with E-state index in [-0.39, 0.29) is 11.4 Å². The second-order valence-electron chi connectivity index (χ2n) is 3.52. The average molecular weight is 172 g/mol. The molecule has 1 heterocycles. The molecular weight excluding hydrogens is 156 g/mol. The number of urea groups is 1. The number of amides is 2. The summed E-state index contributed by atoms with van der Waals surface area (Å²) < 4.78 is 5.06. The maximum Gasteiger partial charge on any atom is 0.314 e. The Hall–Kier alpha value is -0.770. The molecule has 0 aliphatic carbocycles. The first-order valence-corrected chi connectivity index (χ1v) is 4.26. The van der Waals surface area contributed by atoms with Gasteiger partial charge in [0.2, 0.25) is 0 Å². The van der Waals surface area contributed by atoms with Gasteiger partial charge in [0.25, 0.3) is 0 Å². The lowest BCUT2D eigenvalue weighted by atomic mass is 9.89. The van der Waals surface area contributed by atoms with Gasteiger partial charge in [0.15, 0.2) is 0 Å². The van der Waals surface area contributed by atoms with Crippen molar-refractivity contribution in [2.75, 3.05) is 26.3 Å². The van der Waals surface area contributed by atoms with Gasteiger partial charge in [-0.25, -0.2) is 4.79 Å². The Labute approximate surface area is 72.7 Å². The van der Waals surface area contributed by atoms with Gasteiger partial charge in [-0.1, -0.05) is 6.92 Å². The summed E-state index contributed by atoms with van der Waals surface area (Å²) in [4.78, 5) is 11.0. The van der Waals surface area contributed by atoms with E-state index in [1.807, 2.05) is 6.92 Å². The molecule has 70 valence electrons. The third kappa shape index (κ3) is 2.37. The van der Waals surface area contributed by atoms with E-state index in [0.717, 1.165) is 13.2 Å². The Morgan fingerprint density at radius 3 is 2.58 bits per heavy atom. The fourth-order valence-electron chi connectivity index (χ4n) is 1.07. The number of carbonyl (C=O) groups excluding carboxylic acids is 1. The molecule has 2 amide bonds. The van der Waals surface area contributed by atoms with E-state index in [1.165, 1.54) is 0 Å². The molecule has 0 radical (unpaired) electrons. The van der Waals surface area contributed by atoms with Crippen molar-refractivity contribution in [3.05, 3.63) is 0 Å². The van der Waals surface area contributed by atoms with E-state index in [0.29, 0.717) is 13.1 Å². The van der Waals surface area contributed by atoms with Crippen molar-refractivity contribution in [1.29, 1.82) is 0 Å². The Morgan fingerprint density at radius 2 is 2.17 bits per heavy atom. The van der Waals surface area contributed by atoms with E-state index in [9.17, 15) is 4.79 Å². The van der Waals surface area contributed by atoms with Crippen molar-refractivity contribution in [2.45, 2.75) is 13.8 Å². The minimum atomic E-state index is -0.0920. The fourth-order valence-corrected chi connectivity index (χ4v) is 1.07. The molecule has 1 rings (SSSR count). The van der Waals surface area contributed by atoms with Gasteiger partial charge in [-0.2, -0.15) is 0 Å². The van der Waals surface area contributed by atoms with Crippen LogP contribution in [0.1, 0.15) is 13.8 Å². The van der Waals surface area contributed by atoms with Crippen LogP contribution in [0, 0.1) is 5.41 Å². The highest BCUT2D eigenvalue weighted by Gasteiger charge is 2.33. The van der Waals surface area contributed by atoms with Crippen LogP contribution in [0.2, 0.25) is 0 Å². The highest BCUT2D eigenvalue weighted by molar-refractivity contribution is 5.73. The lowest BCUT2D eigenvalue weighted by Gasteiger charge is -2.37. The molecule has 1 aliphatic rings. The van der Waals surface area contributed by atoms with Crippen molar-refractivity contribution in [2.24, 2.45) is 5.41 Å². The standard InChI is InChI=1S/C8H16N2O2/c1-3-9-7(11)10-4-8(2)5-12-6-8/h3-6H2,1-2H3,(H2,9,10,11). The van der Waals surface area contributed by atoms with Crippen LogP contribution in [0.3, 0.4) is 0 Å². The SMILES string of the molecule is CCNC(=O)NCC1(C)COC1. The molecule has 0 aromatic heterocycles. The van der Waals surface area contributed by atoms with E-state index in [1.54, 1.807) is 0 Å². The van der Waals surface area contributed by atoms with Crippen LogP contribution in [-0.4, -0.2) is 32.3 Å². The number of carbonyl (C=O) groups is 1. The maximum atomic E-state index is 11.0. The minimum Gasteiger partial charge on any atom is -0.380 e. The predicted octanol–water partition coefficient (Wildman–Crippen LogP) is 0.342. The van der Waals surface area contributed by atoms with Crippen LogP contribution in [-0.2, 0) is 4.74 Å². The predicted molar refractivity (Wildman–Crippen MR) is 46.0 cm³/mol. The summed E-state index contributed by atoms with van der Waals surface area (Å²) >= 11 is 0. The van der Waals surface area contributed by atoms with Gasteiger partial charge in [-0.05, 0) is 6.92 Å². The summed E-state index contributed by atoms with van der Waals surface area (Å²) in [5, 5.41) is 5.47. The second kappa shape index (κ2) is 3.76. The third-order valence-electron chi connectivity index (χ3n) is 1.91. The fraction of sp³-hybridized carbons (Fsp3) is 0.875. The van der Waals surface area contributed by atoms with Gasteiger partial charge in [-0.3, -0.25) is 0 Å². The van der Waals surface area contributed by atoms with Gasteiger partial charge in [0, 0.05) is 18.5 Å². The van der Waals surface area contributed by atoms with Gasteiger partial charge < -0.3 is 15.4 Å². The topological polar surface area (TPSA) is 50.4 Å². The third-order valence-corrected chi connectivity index (χ3v) is 1.91. The normalized spacial score (nSPS) is 19.5. The first-order valence-electron chi connectivity index (χ1n) is 4.26. The van der Waals surface area contributed by atoms with Crippen molar-refractivity contribution in [1.82, 2.24) is 10.6 Å². The molecule has 12 heavy (non-hydrogen) atoms. The molecule has 0 saturated carbocycles. The van der Waals surface area contributed by atoms with E-state index in [2.05, 4.69) is 17.6 Å². The summed E-state index contributed by atoms with van der Waals surface area (Å²) in [5.41, 5.74) is 0.158. The molecular formula is C8H16N2O2. The molecule has 0 aromatic rings. The van der Waals surface area contributed by atoms with Crippen LogP contribution >= 0.6 is 0 Å². The van der Waals surface area contributed by atoms with Crippen molar-refractivity contribution in [3.63, 3.8) is 0 Å². The van der Waals surface area contributed by atoms with Crippen LogP contribution < -0.4 is 10.6 Å². The van der Waals surface area contributed by atoms with E-state index < -0.39 is 0 Å². The Balaban J connectivity index is 2.12. The molecule has 1 aliphatic heterocycles. The number of hydrogen-bond acceptors (Lipinski definition) is 2. The van der Waals surface area contributed by atoms with Gasteiger partial charge in [0.05, 0.1) is 13.2 Å². The molecule has 0 bridgehead atoms. The van der Waals surface area contributed by atoms with Gasteiger partial charge >= 0.3 is 6.03 Å². The number of hydrogen-bond donors (Lipinski definition) is 2. The summed E-state index contributed by atoms with van der Waals surface area (Å²) in [6.07, 6.45) is 0. The molecule has 0 unspecified atom stereocenters. The molecule has 0 atom stereocenters. The van der Waals surface area contributed by atoms with Crippen LogP contribution in [0.5, 0.6) is 0 Å². The summed E-state index contributed by atoms with van der Waals surface area (Å²) in [6.45, 7) is 6.85. The highest BCUT2D eigenvalue weighted by atomic mass is 16.5. The van der Waals surface area contributed by atoms with Crippen LogP contribution in [0.4, 0.5) is 4.79 Å². The molecule has 4 heteroatoms. The van der Waals surface area contributed by atoms with E-state index in [4.69, 9.17) is 4.74 Å². The lowest BCUT2D eigenvalue weighted by molar-refractivity contribution is -0.0975. The monoisotopic (exact) mass is 172 g/mol. The van der Waals surface area contributed by atoms with Crippen molar-refractivity contribution in [3.8, 4) is 0 Å². The first kappa shape index (κ1) is 9.32. The van der Waals surface area contributed by atoms with Gasteiger partial charge in [0.1, 0.15) is 0 Å². The second-order valence-corrected chi connectivity index (χ2v) is 3.52. The van der Waals surface area contributed by atoms with Crippen molar-refractivity contribution < 1.29 is 9.53 Å². The quantitative estimate of drug-likeness (QED) is 0.645. The maximum absolute atomic E-state index is 11.0. The Bertz CT molecular complexity index is 166. The molecule has 1 saturated heterocycles. The summed E-state index contributed by atoms with van der Waals surface area (Å²) in [6, 6.07) is -0.0920. The zero-order valence-corrected chi connectivity index (χ0v) is 7.64. The van der Waals surface area contributed by atoms with Crippen LogP contribution in [0.15, 0.2) is 0 Å². The Kier molecular flexibility index (Phi) is 2.92. The Morgan fingerprint density at radius 1 is 1.50 bits per heavy atom. The first-order chi connectivity index (χ1) is 5.66. The molecule has 4 nitrogen and oxygen atoms in total. The van der Waals surface area contributed by atoms with Crippen molar-refractivity contribution >= 4 is 6.03 Å². The minimum absolute atomic E-state index is 0.0920. The zero-order chi connectivity index (χ0) is 9.03. The number of ether oxygens (including phenoxy) is 1. The highest BCUT2D eigenvalue weighted by Crippen LogP contribution is 2.24. The molecule has 1 fully saturated rings. The zero-order valence-electron chi connectivity index (χ0n) is 7.64. The average Bonchev–Trinajstić information content (AvgIpc) is 1.98. The smallest absolute Gasteiger partial charge is 0.314 e. The summed E-state index contributed by atoms with van der Waals surface area (Å²) in [7, 11) is 0. The largest absolute Gasteiger partial charge is 0.380 e. The molecule has 2 N–H and O–H groups in total. The number of nitrogens with one attached hydrogen (secondary N) is 2. The number of rotatable bonds is 3. The van der Waals surface area contributed by atoms with Gasteiger partial charge in [-0.15, -0.1) is 0 Å². The molecule has 0 aromatic carbocycles. The summed E-state index contributed by atoms with van der Waals surface area (Å²) in [5.74, 6) is 0. The molecule has 0 spiro atoms. The lowest BCUT2D eigenvalue weighted by Crippen LogP contribution is -2.50. The van der Waals surface area contributed by atoms with E-state index >= 15 is 0 Å².